The molecule has 2 aromatic carbocycles. The van der Waals surface area contributed by atoms with Crippen molar-refractivity contribution in [1.29, 1.82) is 5.26 Å². The Hall–Kier alpha value is -2.40. The van der Waals surface area contributed by atoms with Gasteiger partial charge < -0.3 is 0 Å². The first-order valence-corrected chi connectivity index (χ1v) is 6.65. The average Bonchev–Trinajstić information content (AvgIpc) is 2.45. The lowest BCUT2D eigenvalue weighted by Crippen LogP contribution is -2.14. The molecule has 0 radical (unpaired) electrons. The zero-order chi connectivity index (χ0) is 14.6. The number of nitrogens with zero attached hydrogens (tertiary/aromatic N) is 2. The highest BCUT2D eigenvalue weighted by atomic mass is 14.8. The normalized spacial score (nSPS) is 12.0. The van der Waals surface area contributed by atoms with Crippen LogP contribution in [0.5, 0.6) is 0 Å². The number of hydrogen-bond acceptors (Lipinski definition) is 2. The van der Waals surface area contributed by atoms with E-state index in [1.165, 1.54) is 5.56 Å². The van der Waals surface area contributed by atoms with E-state index >= 15 is 0 Å². The van der Waals surface area contributed by atoms with Gasteiger partial charge in [-0.1, -0.05) is 54.6 Å². The average molecular weight is 262 g/mol. The molecule has 0 amide bonds. The van der Waals surface area contributed by atoms with E-state index in [2.05, 4.69) is 23.2 Å². The van der Waals surface area contributed by atoms with Crippen LogP contribution in [0.2, 0.25) is 0 Å². The molecule has 2 heteroatoms. The summed E-state index contributed by atoms with van der Waals surface area (Å²) < 4.78 is 0. The second-order valence-corrected chi connectivity index (χ2v) is 5.69. The molecule has 0 saturated heterocycles. The first-order chi connectivity index (χ1) is 9.49. The van der Waals surface area contributed by atoms with Gasteiger partial charge in [0.05, 0.1) is 5.54 Å². The molecule has 0 aromatic heterocycles. The topological polar surface area (TPSA) is 36.1 Å². The van der Waals surface area contributed by atoms with Crippen molar-refractivity contribution < 1.29 is 0 Å². The van der Waals surface area contributed by atoms with Crippen molar-refractivity contribution in [2.45, 2.75) is 26.3 Å². The van der Waals surface area contributed by atoms with E-state index in [1.54, 1.807) is 0 Å². The van der Waals surface area contributed by atoms with Crippen LogP contribution in [0.3, 0.4) is 0 Å². The molecule has 0 fully saturated rings. The highest BCUT2D eigenvalue weighted by molar-refractivity contribution is 6.11. The second-order valence-electron chi connectivity index (χ2n) is 5.69. The predicted octanol–water partition coefficient (Wildman–Crippen LogP) is 4.46. The molecular formula is C18H18N2. The first-order valence-electron chi connectivity index (χ1n) is 6.65. The number of rotatable bonds is 2. The van der Waals surface area contributed by atoms with Crippen LogP contribution >= 0.6 is 0 Å². The van der Waals surface area contributed by atoms with Gasteiger partial charge >= 0.3 is 0 Å². The van der Waals surface area contributed by atoms with Gasteiger partial charge in [-0.15, -0.1) is 0 Å². The van der Waals surface area contributed by atoms with Gasteiger partial charge in [-0.2, -0.15) is 5.26 Å². The lowest BCUT2D eigenvalue weighted by molar-refractivity contribution is 0.585. The lowest BCUT2D eigenvalue weighted by Gasteiger charge is -2.13. The third kappa shape index (κ3) is 3.55. The van der Waals surface area contributed by atoms with Crippen molar-refractivity contribution in [1.82, 2.24) is 0 Å². The molecule has 100 valence electrons. The maximum Gasteiger partial charge on any atom is 0.142 e. The van der Waals surface area contributed by atoms with Crippen LogP contribution in [0.25, 0.3) is 11.1 Å². The Morgan fingerprint density at radius 3 is 1.95 bits per heavy atom. The van der Waals surface area contributed by atoms with Crippen LogP contribution in [0.4, 0.5) is 0 Å². The molecule has 0 spiro atoms. The zero-order valence-corrected chi connectivity index (χ0v) is 12.1. The Bertz CT molecular complexity index is 639. The minimum absolute atomic E-state index is 0.247. The summed E-state index contributed by atoms with van der Waals surface area (Å²) in [5.74, 6) is 0. The van der Waals surface area contributed by atoms with E-state index in [1.807, 2.05) is 63.2 Å². The molecule has 0 aliphatic heterocycles. The molecule has 0 heterocycles. The smallest absolute Gasteiger partial charge is 0.142 e. The van der Waals surface area contributed by atoms with Gasteiger partial charge in [-0.05, 0) is 31.9 Å². The second kappa shape index (κ2) is 5.71. The van der Waals surface area contributed by atoms with Gasteiger partial charge in [0.1, 0.15) is 11.8 Å². The number of nitriles is 1. The van der Waals surface area contributed by atoms with Crippen molar-refractivity contribution in [3.05, 3.63) is 60.2 Å². The van der Waals surface area contributed by atoms with E-state index < -0.39 is 0 Å². The maximum absolute atomic E-state index is 9.25. The summed E-state index contributed by atoms with van der Waals surface area (Å²) in [6, 6.07) is 20.3. The van der Waals surface area contributed by atoms with E-state index in [0.717, 1.165) is 11.1 Å². The number of aliphatic imine (C=N–C) groups is 1. The zero-order valence-electron chi connectivity index (χ0n) is 12.1. The fourth-order valence-electron chi connectivity index (χ4n) is 1.94. The molecule has 2 aromatic rings. The van der Waals surface area contributed by atoms with Crippen LogP contribution in [0.1, 0.15) is 26.3 Å². The molecule has 2 rings (SSSR count). The number of benzene rings is 2. The Morgan fingerprint density at radius 2 is 1.45 bits per heavy atom. The Labute approximate surface area is 120 Å². The van der Waals surface area contributed by atoms with Gasteiger partial charge in [-0.3, -0.25) is 4.99 Å². The van der Waals surface area contributed by atoms with Gasteiger partial charge in [0, 0.05) is 5.56 Å². The summed E-state index contributed by atoms with van der Waals surface area (Å²) in [5, 5.41) is 9.25. The molecule has 0 aliphatic rings. The molecule has 0 N–H and O–H groups in total. The summed E-state index contributed by atoms with van der Waals surface area (Å²) in [4.78, 5) is 4.46. The quantitative estimate of drug-likeness (QED) is 0.736. The van der Waals surface area contributed by atoms with Gasteiger partial charge in [0.25, 0.3) is 0 Å². The summed E-state index contributed by atoms with van der Waals surface area (Å²) >= 11 is 0. The van der Waals surface area contributed by atoms with Crippen LogP contribution in [-0.2, 0) is 0 Å². The molecular weight excluding hydrogens is 244 g/mol. The molecule has 0 atom stereocenters. The summed E-state index contributed by atoms with van der Waals surface area (Å²) in [7, 11) is 0. The summed E-state index contributed by atoms with van der Waals surface area (Å²) in [6.07, 6.45) is 0. The van der Waals surface area contributed by atoms with Gasteiger partial charge in [-0.25, -0.2) is 0 Å². The van der Waals surface area contributed by atoms with Crippen molar-refractivity contribution in [2.75, 3.05) is 0 Å². The van der Waals surface area contributed by atoms with E-state index in [-0.39, 0.29) is 5.54 Å². The Balaban J connectivity index is 2.34. The van der Waals surface area contributed by atoms with Crippen molar-refractivity contribution in [3.63, 3.8) is 0 Å². The van der Waals surface area contributed by atoms with Crippen LogP contribution < -0.4 is 0 Å². The van der Waals surface area contributed by atoms with Gasteiger partial charge in [0.15, 0.2) is 0 Å². The van der Waals surface area contributed by atoms with E-state index in [4.69, 9.17) is 0 Å². The lowest BCUT2D eigenvalue weighted by atomic mass is 10.0. The van der Waals surface area contributed by atoms with E-state index in [9.17, 15) is 5.26 Å². The van der Waals surface area contributed by atoms with Crippen molar-refractivity contribution in [2.24, 2.45) is 4.99 Å². The highest BCUT2D eigenvalue weighted by Gasteiger charge is 2.11. The monoisotopic (exact) mass is 262 g/mol. The van der Waals surface area contributed by atoms with Crippen LogP contribution in [-0.4, -0.2) is 11.3 Å². The predicted molar refractivity (Wildman–Crippen MR) is 83.8 cm³/mol. The van der Waals surface area contributed by atoms with E-state index in [0.29, 0.717) is 5.71 Å². The van der Waals surface area contributed by atoms with Crippen molar-refractivity contribution >= 4 is 5.71 Å². The Kier molecular flexibility index (Phi) is 4.00. The SMILES string of the molecule is CC(C)(C)N=C(C#N)c1ccc(-c2ccccc2)cc1. The molecule has 0 saturated carbocycles. The minimum atomic E-state index is -0.247. The molecule has 0 aliphatic carbocycles. The summed E-state index contributed by atoms with van der Waals surface area (Å²) in [5.41, 5.74) is 3.41. The fraction of sp³-hybridized carbons (Fsp3) is 0.222. The first kappa shape index (κ1) is 14.0. The third-order valence-electron chi connectivity index (χ3n) is 2.82. The largest absolute Gasteiger partial charge is 0.268 e. The highest BCUT2D eigenvalue weighted by Crippen LogP contribution is 2.20. The summed E-state index contributed by atoms with van der Waals surface area (Å²) in [6.45, 7) is 5.97. The minimum Gasteiger partial charge on any atom is -0.268 e. The Morgan fingerprint density at radius 1 is 0.900 bits per heavy atom. The maximum atomic E-state index is 9.25. The molecule has 0 bridgehead atoms. The standard InChI is InChI=1S/C18H18N2/c1-18(2,3)20-17(13-19)16-11-9-15(10-12-16)14-7-5-4-6-8-14/h4-12H,1-3H3. The van der Waals surface area contributed by atoms with Crippen LogP contribution in [0, 0.1) is 11.3 Å². The molecule has 0 unspecified atom stereocenters. The number of hydrogen-bond donors (Lipinski definition) is 0. The molecule has 20 heavy (non-hydrogen) atoms. The van der Waals surface area contributed by atoms with Crippen molar-refractivity contribution in [3.8, 4) is 17.2 Å². The van der Waals surface area contributed by atoms with Gasteiger partial charge in [0.2, 0.25) is 0 Å². The molecule has 2 nitrogen and oxygen atoms in total. The van der Waals surface area contributed by atoms with Crippen LogP contribution in [0.15, 0.2) is 59.6 Å². The third-order valence-corrected chi connectivity index (χ3v) is 2.82. The fourth-order valence-corrected chi connectivity index (χ4v) is 1.94.